The van der Waals surface area contributed by atoms with Crippen molar-refractivity contribution in [3.63, 3.8) is 0 Å². The van der Waals surface area contributed by atoms with Crippen LogP contribution < -0.4 is 15.5 Å². The monoisotopic (exact) mass is 496 g/mol. The average Bonchev–Trinajstić information content (AvgIpc) is 2.88. The normalized spacial score (nSPS) is 20.7. The highest BCUT2D eigenvalue weighted by Crippen LogP contribution is 2.32. The second-order valence-electron chi connectivity index (χ2n) is 9.94. The third-order valence-corrected chi connectivity index (χ3v) is 7.62. The first kappa shape index (κ1) is 24.2. The summed E-state index contributed by atoms with van der Waals surface area (Å²) in [5.74, 6) is -0.844. The van der Waals surface area contributed by atoms with E-state index >= 15 is 0 Å². The molecule has 0 aromatic heterocycles. The summed E-state index contributed by atoms with van der Waals surface area (Å²) < 4.78 is 29.4. The van der Waals surface area contributed by atoms with Crippen molar-refractivity contribution in [1.82, 2.24) is 10.2 Å². The number of imide groups is 1. The summed E-state index contributed by atoms with van der Waals surface area (Å²) in [6, 6.07) is 7.74. The Labute approximate surface area is 208 Å². The molecule has 3 amide bonds. The van der Waals surface area contributed by atoms with E-state index in [-0.39, 0.29) is 29.9 Å². The first-order valence-electron chi connectivity index (χ1n) is 12.5. The standard InChI is InChI=1S/C27H30F2N4O3/c28-22-3-1-18(20-9-10-32(16-34)15-21(20)22)13-17-7-11-33(12-8-17)25-5-2-19(14-23(25)29)30-24-4-6-26(35)31-27(24)36/h1-3,5,14,16-17,24,30H,4,6-13,15H2,(H,31,35,36). The van der Waals surface area contributed by atoms with E-state index in [4.69, 9.17) is 0 Å². The molecule has 190 valence electrons. The van der Waals surface area contributed by atoms with E-state index < -0.39 is 6.04 Å². The molecule has 0 saturated carbocycles. The lowest BCUT2D eigenvalue weighted by Gasteiger charge is -2.35. The van der Waals surface area contributed by atoms with Gasteiger partial charge in [0, 0.05) is 43.9 Å². The molecule has 0 aliphatic carbocycles. The van der Waals surface area contributed by atoms with Crippen molar-refractivity contribution in [1.29, 1.82) is 0 Å². The van der Waals surface area contributed by atoms with E-state index in [2.05, 4.69) is 10.6 Å². The summed E-state index contributed by atoms with van der Waals surface area (Å²) >= 11 is 0. The van der Waals surface area contributed by atoms with Gasteiger partial charge in [-0.25, -0.2) is 8.78 Å². The van der Waals surface area contributed by atoms with E-state index in [9.17, 15) is 23.2 Å². The van der Waals surface area contributed by atoms with Crippen molar-refractivity contribution in [2.45, 2.75) is 51.1 Å². The zero-order chi connectivity index (χ0) is 25.2. The smallest absolute Gasteiger partial charge is 0.249 e. The molecular formula is C27H30F2N4O3. The molecule has 5 rings (SSSR count). The summed E-state index contributed by atoms with van der Waals surface area (Å²) in [6.07, 6.45) is 4.76. The summed E-state index contributed by atoms with van der Waals surface area (Å²) in [7, 11) is 0. The van der Waals surface area contributed by atoms with Crippen LogP contribution in [-0.2, 0) is 33.8 Å². The van der Waals surface area contributed by atoms with Gasteiger partial charge in [0.15, 0.2) is 0 Å². The molecule has 2 saturated heterocycles. The van der Waals surface area contributed by atoms with Gasteiger partial charge in [0.2, 0.25) is 18.2 Å². The van der Waals surface area contributed by atoms with Crippen molar-refractivity contribution in [3.05, 3.63) is 58.7 Å². The Morgan fingerprint density at radius 2 is 1.78 bits per heavy atom. The van der Waals surface area contributed by atoms with Crippen LogP contribution in [0.4, 0.5) is 20.2 Å². The van der Waals surface area contributed by atoms with Crippen molar-refractivity contribution in [2.24, 2.45) is 5.92 Å². The fourth-order valence-corrected chi connectivity index (χ4v) is 5.59. The zero-order valence-corrected chi connectivity index (χ0v) is 20.1. The summed E-state index contributed by atoms with van der Waals surface area (Å²) in [6.45, 7) is 2.39. The third kappa shape index (κ3) is 5.05. The van der Waals surface area contributed by atoms with Crippen LogP contribution in [0.25, 0.3) is 0 Å². The summed E-state index contributed by atoms with van der Waals surface area (Å²) in [4.78, 5) is 38.1. The number of halogens is 2. The Kier molecular flexibility index (Phi) is 6.89. The molecule has 2 aromatic carbocycles. The molecule has 0 spiro atoms. The molecule has 0 radical (unpaired) electrons. The van der Waals surface area contributed by atoms with Crippen LogP contribution in [0.3, 0.4) is 0 Å². The second-order valence-corrected chi connectivity index (χ2v) is 9.94. The second kappa shape index (κ2) is 10.2. The minimum absolute atomic E-state index is 0.249. The number of rotatable bonds is 6. The summed E-state index contributed by atoms with van der Waals surface area (Å²) in [5, 5.41) is 5.32. The minimum Gasteiger partial charge on any atom is -0.374 e. The van der Waals surface area contributed by atoms with Crippen LogP contribution in [0.2, 0.25) is 0 Å². The maximum absolute atomic E-state index is 15.0. The van der Waals surface area contributed by atoms with Gasteiger partial charge in [-0.2, -0.15) is 0 Å². The highest BCUT2D eigenvalue weighted by Gasteiger charge is 2.28. The van der Waals surface area contributed by atoms with E-state index in [0.717, 1.165) is 49.9 Å². The lowest BCUT2D eigenvalue weighted by atomic mass is 9.85. The van der Waals surface area contributed by atoms with E-state index in [1.54, 1.807) is 17.0 Å². The fraction of sp³-hybridized carbons (Fsp3) is 0.444. The van der Waals surface area contributed by atoms with Crippen molar-refractivity contribution >= 4 is 29.6 Å². The number of benzene rings is 2. The van der Waals surface area contributed by atoms with Crippen molar-refractivity contribution in [3.8, 4) is 0 Å². The number of hydrogen-bond acceptors (Lipinski definition) is 5. The van der Waals surface area contributed by atoms with Gasteiger partial charge in [-0.05, 0) is 73.4 Å². The number of fused-ring (bicyclic) bond motifs is 1. The molecule has 2 N–H and O–H groups in total. The van der Waals surface area contributed by atoms with Crippen LogP contribution in [0.5, 0.6) is 0 Å². The molecule has 1 atom stereocenters. The number of hydrogen-bond donors (Lipinski definition) is 2. The lowest BCUT2D eigenvalue weighted by Crippen LogP contribution is -2.47. The number of nitrogens with one attached hydrogen (secondary N) is 2. The maximum atomic E-state index is 15.0. The van der Waals surface area contributed by atoms with E-state index in [0.29, 0.717) is 48.8 Å². The van der Waals surface area contributed by atoms with Crippen LogP contribution >= 0.6 is 0 Å². The largest absolute Gasteiger partial charge is 0.374 e. The Hall–Kier alpha value is -3.49. The fourth-order valence-electron chi connectivity index (χ4n) is 5.59. The summed E-state index contributed by atoms with van der Waals surface area (Å²) in [5.41, 5.74) is 3.88. The van der Waals surface area contributed by atoms with Crippen LogP contribution in [-0.4, -0.2) is 48.8 Å². The molecule has 2 aromatic rings. The molecular weight excluding hydrogens is 466 g/mol. The number of carbonyl (C=O) groups is 3. The van der Waals surface area contributed by atoms with Crippen LogP contribution in [0.1, 0.15) is 42.4 Å². The SMILES string of the molecule is O=CN1CCc2c(CC3CCN(c4ccc(NC5CCC(=O)NC5=O)cc4F)CC3)ccc(F)c2C1. The first-order valence-corrected chi connectivity index (χ1v) is 12.5. The Bertz CT molecular complexity index is 1180. The van der Waals surface area contributed by atoms with E-state index in [1.807, 2.05) is 11.0 Å². The quantitative estimate of drug-likeness (QED) is 0.474. The topological polar surface area (TPSA) is 81.8 Å². The molecule has 7 nitrogen and oxygen atoms in total. The number of carbonyl (C=O) groups excluding carboxylic acids is 3. The van der Waals surface area contributed by atoms with Gasteiger partial charge < -0.3 is 15.1 Å². The lowest BCUT2D eigenvalue weighted by molar-refractivity contribution is -0.133. The van der Waals surface area contributed by atoms with Gasteiger partial charge in [0.05, 0.1) is 5.69 Å². The molecule has 3 heterocycles. The van der Waals surface area contributed by atoms with Crippen LogP contribution in [0, 0.1) is 17.6 Å². The molecule has 1 unspecified atom stereocenters. The van der Waals surface area contributed by atoms with Crippen LogP contribution in [0.15, 0.2) is 30.3 Å². The number of nitrogens with zero attached hydrogens (tertiary/aromatic N) is 2. The first-order chi connectivity index (χ1) is 17.4. The Morgan fingerprint density at radius 3 is 2.50 bits per heavy atom. The number of anilines is 2. The molecule has 9 heteroatoms. The third-order valence-electron chi connectivity index (χ3n) is 7.62. The predicted molar refractivity (Wildman–Crippen MR) is 131 cm³/mol. The molecule has 2 fully saturated rings. The molecule has 3 aliphatic rings. The van der Waals surface area contributed by atoms with Gasteiger partial charge in [-0.15, -0.1) is 0 Å². The van der Waals surface area contributed by atoms with Gasteiger partial charge in [0.1, 0.15) is 17.7 Å². The van der Waals surface area contributed by atoms with Crippen molar-refractivity contribution < 1.29 is 23.2 Å². The highest BCUT2D eigenvalue weighted by atomic mass is 19.1. The van der Waals surface area contributed by atoms with E-state index in [1.165, 1.54) is 12.1 Å². The van der Waals surface area contributed by atoms with Gasteiger partial charge in [-0.3, -0.25) is 19.7 Å². The maximum Gasteiger partial charge on any atom is 0.249 e. The highest BCUT2D eigenvalue weighted by molar-refractivity contribution is 6.01. The van der Waals surface area contributed by atoms with Gasteiger partial charge in [-0.1, -0.05) is 6.07 Å². The Morgan fingerprint density at radius 1 is 0.972 bits per heavy atom. The molecule has 0 bridgehead atoms. The predicted octanol–water partition coefficient (Wildman–Crippen LogP) is 3.16. The Balaban J connectivity index is 1.19. The number of amides is 3. The average molecular weight is 497 g/mol. The zero-order valence-electron chi connectivity index (χ0n) is 20.1. The minimum atomic E-state index is -0.553. The molecule has 3 aliphatic heterocycles. The number of piperidine rings is 2. The van der Waals surface area contributed by atoms with Gasteiger partial charge in [0.25, 0.3) is 0 Å². The van der Waals surface area contributed by atoms with Crippen molar-refractivity contribution in [2.75, 3.05) is 29.9 Å². The van der Waals surface area contributed by atoms with Gasteiger partial charge >= 0.3 is 0 Å². The molecule has 36 heavy (non-hydrogen) atoms.